The molecule has 164 valence electrons. The Morgan fingerprint density at radius 2 is 1.83 bits per heavy atom. The number of nitrogens with zero attached hydrogens (tertiary/aromatic N) is 2. The lowest BCUT2D eigenvalue weighted by atomic mass is 9.98. The summed E-state index contributed by atoms with van der Waals surface area (Å²) in [4.78, 5) is 19.0. The molecule has 8 heteroatoms. The molecule has 1 aliphatic heterocycles. The molecule has 0 atom stereocenters. The zero-order valence-electron chi connectivity index (χ0n) is 18.1. The molecule has 0 spiro atoms. The summed E-state index contributed by atoms with van der Waals surface area (Å²) in [5.74, 6) is 1.31. The van der Waals surface area contributed by atoms with Gasteiger partial charge < -0.3 is 20.7 Å². The highest BCUT2D eigenvalue weighted by Crippen LogP contribution is 2.19. The van der Waals surface area contributed by atoms with Crippen LogP contribution in [0.5, 0.6) is 5.75 Å². The number of piperidine rings is 1. The van der Waals surface area contributed by atoms with Crippen LogP contribution < -0.4 is 20.7 Å². The number of nitrogens with one attached hydrogen (secondary N) is 3. The van der Waals surface area contributed by atoms with Crippen LogP contribution in [0.25, 0.3) is 0 Å². The number of hydrogen-bond donors (Lipinski definition) is 3. The molecule has 1 fully saturated rings. The number of halogens is 1. The molecule has 0 aliphatic carbocycles. The van der Waals surface area contributed by atoms with E-state index in [1.54, 1.807) is 26.3 Å². The Labute approximate surface area is 192 Å². The Morgan fingerprint density at radius 1 is 1.14 bits per heavy atom. The molecule has 1 heterocycles. The van der Waals surface area contributed by atoms with Gasteiger partial charge in [-0.05, 0) is 58.0 Å². The topological polar surface area (TPSA) is 78.0 Å². The third-order valence-electron chi connectivity index (χ3n) is 5.16. The Kier molecular flexibility index (Phi) is 11.3. The van der Waals surface area contributed by atoms with Crippen LogP contribution >= 0.6 is 24.0 Å². The minimum absolute atomic E-state index is 0. The van der Waals surface area contributed by atoms with E-state index in [2.05, 4.69) is 39.7 Å². The second-order valence-corrected chi connectivity index (χ2v) is 7.70. The van der Waals surface area contributed by atoms with Crippen molar-refractivity contribution in [3.05, 3.63) is 29.8 Å². The summed E-state index contributed by atoms with van der Waals surface area (Å²) in [5, 5.41) is 9.57. The minimum atomic E-state index is -0.116. The lowest BCUT2D eigenvalue weighted by Gasteiger charge is -2.41. The van der Waals surface area contributed by atoms with Crippen LogP contribution in [-0.4, -0.2) is 69.2 Å². The molecular formula is C21H36IN5O2. The summed E-state index contributed by atoms with van der Waals surface area (Å²) in [6, 6.07) is 7.13. The molecule has 1 aromatic carbocycles. The number of hydrogen-bond acceptors (Lipinski definition) is 4. The van der Waals surface area contributed by atoms with Crippen molar-refractivity contribution in [1.29, 1.82) is 0 Å². The highest BCUT2D eigenvalue weighted by Gasteiger charge is 2.27. The lowest BCUT2D eigenvalue weighted by molar-refractivity contribution is 0.0954. The molecule has 0 saturated carbocycles. The first-order chi connectivity index (χ1) is 13.5. The van der Waals surface area contributed by atoms with E-state index in [-0.39, 0.29) is 35.4 Å². The van der Waals surface area contributed by atoms with Gasteiger partial charge in [-0.15, -0.1) is 24.0 Å². The van der Waals surface area contributed by atoms with Gasteiger partial charge in [0.05, 0.1) is 7.11 Å². The SMILES string of the molecule is CN=C(NCCNC(=O)c1cccc(OC)c1)NCC(C)(C)N1CCCCC1.I. The van der Waals surface area contributed by atoms with E-state index in [0.717, 1.165) is 25.6 Å². The average Bonchev–Trinajstić information content (AvgIpc) is 2.73. The molecule has 0 unspecified atom stereocenters. The van der Waals surface area contributed by atoms with E-state index in [1.807, 2.05) is 12.1 Å². The maximum atomic E-state index is 12.2. The van der Waals surface area contributed by atoms with Crippen LogP contribution in [0, 0.1) is 0 Å². The van der Waals surface area contributed by atoms with Gasteiger partial charge in [0.2, 0.25) is 0 Å². The van der Waals surface area contributed by atoms with Gasteiger partial charge in [0.15, 0.2) is 5.96 Å². The first-order valence-electron chi connectivity index (χ1n) is 10.1. The normalized spacial score (nSPS) is 15.2. The number of ether oxygens (including phenoxy) is 1. The lowest BCUT2D eigenvalue weighted by Crippen LogP contribution is -2.55. The number of amides is 1. The molecule has 0 aromatic heterocycles. The third kappa shape index (κ3) is 8.38. The fraction of sp³-hybridized carbons (Fsp3) is 0.619. The van der Waals surface area contributed by atoms with Gasteiger partial charge in [-0.1, -0.05) is 12.5 Å². The molecule has 29 heavy (non-hydrogen) atoms. The predicted molar refractivity (Wildman–Crippen MR) is 130 cm³/mol. The molecule has 3 N–H and O–H groups in total. The number of guanidine groups is 1. The molecule has 7 nitrogen and oxygen atoms in total. The van der Waals surface area contributed by atoms with Crippen molar-refractivity contribution in [3.8, 4) is 5.75 Å². The number of aliphatic imine (C=N–C) groups is 1. The van der Waals surface area contributed by atoms with Crippen molar-refractivity contribution in [3.63, 3.8) is 0 Å². The maximum Gasteiger partial charge on any atom is 0.251 e. The predicted octanol–water partition coefficient (Wildman–Crippen LogP) is 2.47. The van der Waals surface area contributed by atoms with E-state index in [1.165, 1.54) is 19.3 Å². The summed E-state index contributed by atoms with van der Waals surface area (Å²) >= 11 is 0. The first-order valence-corrected chi connectivity index (χ1v) is 10.1. The summed E-state index contributed by atoms with van der Waals surface area (Å²) in [5.41, 5.74) is 0.670. The summed E-state index contributed by atoms with van der Waals surface area (Å²) in [6.07, 6.45) is 3.90. The van der Waals surface area contributed by atoms with Crippen molar-refractivity contribution in [2.24, 2.45) is 4.99 Å². The van der Waals surface area contributed by atoms with Crippen molar-refractivity contribution in [1.82, 2.24) is 20.9 Å². The molecule has 1 saturated heterocycles. The molecule has 0 bridgehead atoms. The third-order valence-corrected chi connectivity index (χ3v) is 5.16. The number of likely N-dealkylation sites (tertiary alicyclic amines) is 1. The van der Waals surface area contributed by atoms with Gasteiger partial charge in [0.1, 0.15) is 5.75 Å². The van der Waals surface area contributed by atoms with E-state index in [4.69, 9.17) is 4.74 Å². The summed E-state index contributed by atoms with van der Waals surface area (Å²) < 4.78 is 5.15. The van der Waals surface area contributed by atoms with Crippen LogP contribution in [0.4, 0.5) is 0 Å². The van der Waals surface area contributed by atoms with Crippen LogP contribution in [0.15, 0.2) is 29.3 Å². The van der Waals surface area contributed by atoms with E-state index < -0.39 is 0 Å². The number of methoxy groups -OCH3 is 1. The van der Waals surface area contributed by atoms with Crippen LogP contribution in [-0.2, 0) is 0 Å². The molecule has 1 aromatic rings. The van der Waals surface area contributed by atoms with Gasteiger partial charge in [-0.2, -0.15) is 0 Å². The Hall–Kier alpha value is -1.55. The number of carbonyl (C=O) groups is 1. The molecule has 2 rings (SSSR count). The molecule has 0 radical (unpaired) electrons. The monoisotopic (exact) mass is 517 g/mol. The summed E-state index contributed by atoms with van der Waals surface area (Å²) in [7, 11) is 3.35. The van der Waals surface area contributed by atoms with E-state index in [0.29, 0.717) is 24.4 Å². The fourth-order valence-corrected chi connectivity index (χ4v) is 3.35. The van der Waals surface area contributed by atoms with E-state index in [9.17, 15) is 4.79 Å². The van der Waals surface area contributed by atoms with Gasteiger partial charge in [0.25, 0.3) is 5.91 Å². The maximum absolute atomic E-state index is 12.2. The van der Waals surface area contributed by atoms with Crippen LogP contribution in [0.2, 0.25) is 0 Å². The second-order valence-electron chi connectivity index (χ2n) is 7.70. The smallest absolute Gasteiger partial charge is 0.251 e. The Bertz CT molecular complexity index is 660. The highest BCUT2D eigenvalue weighted by molar-refractivity contribution is 14.0. The quantitative estimate of drug-likeness (QED) is 0.214. The fourth-order valence-electron chi connectivity index (χ4n) is 3.35. The molecule has 1 aliphatic rings. The van der Waals surface area contributed by atoms with Crippen LogP contribution in [0.1, 0.15) is 43.5 Å². The highest BCUT2D eigenvalue weighted by atomic mass is 127. The van der Waals surface area contributed by atoms with Crippen molar-refractivity contribution in [2.45, 2.75) is 38.6 Å². The second kappa shape index (κ2) is 12.9. The van der Waals surface area contributed by atoms with Crippen molar-refractivity contribution >= 4 is 35.8 Å². The number of rotatable bonds is 8. The first kappa shape index (κ1) is 25.5. The Morgan fingerprint density at radius 3 is 2.48 bits per heavy atom. The molecule has 1 amide bonds. The van der Waals surface area contributed by atoms with Gasteiger partial charge in [-0.3, -0.25) is 14.7 Å². The zero-order chi connectivity index (χ0) is 20.4. The standard InChI is InChI=1S/C21H35N5O2.HI/c1-21(2,26-13-6-5-7-14-26)16-25-20(22-3)24-12-11-23-19(27)17-9-8-10-18(15-17)28-4;/h8-10,15H,5-7,11-14,16H2,1-4H3,(H,23,27)(H2,22,24,25);1H. The summed E-state index contributed by atoms with van der Waals surface area (Å²) in [6.45, 7) is 8.79. The van der Waals surface area contributed by atoms with Crippen LogP contribution in [0.3, 0.4) is 0 Å². The van der Waals surface area contributed by atoms with Gasteiger partial charge in [0, 0.05) is 37.8 Å². The largest absolute Gasteiger partial charge is 0.497 e. The average molecular weight is 517 g/mol. The zero-order valence-corrected chi connectivity index (χ0v) is 20.4. The number of benzene rings is 1. The van der Waals surface area contributed by atoms with Gasteiger partial charge >= 0.3 is 0 Å². The van der Waals surface area contributed by atoms with Gasteiger partial charge in [-0.25, -0.2) is 0 Å². The molecular weight excluding hydrogens is 481 g/mol. The van der Waals surface area contributed by atoms with Crippen molar-refractivity contribution < 1.29 is 9.53 Å². The number of carbonyl (C=O) groups excluding carboxylic acids is 1. The van der Waals surface area contributed by atoms with Crippen molar-refractivity contribution in [2.75, 3.05) is 46.9 Å². The minimum Gasteiger partial charge on any atom is -0.497 e. The van der Waals surface area contributed by atoms with E-state index >= 15 is 0 Å². The Balaban J connectivity index is 0.00000420.